The maximum Gasteiger partial charge on any atom is 0.0997 e. The highest BCUT2D eigenvalue weighted by Crippen LogP contribution is 2.24. The molecule has 3 N–H and O–H groups in total. The summed E-state index contributed by atoms with van der Waals surface area (Å²) in [6, 6.07) is 0. The van der Waals surface area contributed by atoms with Gasteiger partial charge in [-0.2, -0.15) is 0 Å². The molecule has 0 aliphatic rings. The Kier molecular flexibility index (Phi) is 6.41. The predicted octanol–water partition coefficient (Wildman–Crippen LogP) is 0.774. The Morgan fingerprint density at radius 2 is 1.67 bits per heavy atom. The summed E-state index contributed by atoms with van der Waals surface area (Å²) in [5.74, 6) is 0. The molecule has 0 amide bonds. The fourth-order valence-corrected chi connectivity index (χ4v) is 2.14. The topological polar surface area (TPSA) is 46.1 Å². The van der Waals surface area contributed by atoms with Gasteiger partial charge in [0, 0.05) is 6.42 Å². The first kappa shape index (κ1) is 14.9. The zero-order valence-corrected chi connectivity index (χ0v) is 11.0. The number of aliphatic hydroxyl groups excluding tert-OH is 1. The second kappa shape index (κ2) is 6.46. The van der Waals surface area contributed by atoms with Crippen LogP contribution >= 0.6 is 0 Å². The van der Waals surface area contributed by atoms with Crippen LogP contribution in [-0.4, -0.2) is 37.0 Å². The highest BCUT2D eigenvalue weighted by atomic mass is 16.5. The average Bonchev–Trinajstić information content (AvgIpc) is 1.99. The van der Waals surface area contributed by atoms with E-state index < -0.39 is 0 Å². The molecule has 0 bridgehead atoms. The molecule has 3 nitrogen and oxygen atoms in total. The van der Waals surface area contributed by atoms with Crippen LogP contribution in [-0.2, 0) is 4.74 Å². The van der Waals surface area contributed by atoms with Gasteiger partial charge < -0.3 is 15.2 Å². The van der Waals surface area contributed by atoms with Gasteiger partial charge in [0.1, 0.15) is 0 Å². The molecular formula is C12H28NO2+. The third-order valence-electron chi connectivity index (χ3n) is 2.18. The molecule has 0 aromatic rings. The fraction of sp³-hybridized carbons (Fsp3) is 1.00. The van der Waals surface area contributed by atoms with E-state index in [0.717, 1.165) is 6.54 Å². The molecule has 0 aromatic heterocycles. The molecule has 15 heavy (non-hydrogen) atoms. The van der Waals surface area contributed by atoms with Crippen molar-refractivity contribution in [2.24, 2.45) is 5.41 Å². The number of nitrogens with two attached hydrogens (primary N) is 1. The third-order valence-corrected chi connectivity index (χ3v) is 2.18. The van der Waals surface area contributed by atoms with Crippen LogP contribution in [0.3, 0.4) is 0 Å². The summed E-state index contributed by atoms with van der Waals surface area (Å²) in [5, 5.41) is 10.9. The van der Waals surface area contributed by atoms with Gasteiger partial charge in [0.2, 0.25) is 0 Å². The van der Waals surface area contributed by atoms with Gasteiger partial charge in [-0.05, 0) is 19.3 Å². The van der Waals surface area contributed by atoms with E-state index in [9.17, 15) is 0 Å². The largest absolute Gasteiger partial charge is 0.394 e. The molecule has 0 saturated carbocycles. The van der Waals surface area contributed by atoms with Crippen molar-refractivity contribution in [3.05, 3.63) is 0 Å². The second-order valence-electron chi connectivity index (χ2n) is 6.05. The van der Waals surface area contributed by atoms with Gasteiger partial charge in [0.15, 0.2) is 0 Å². The van der Waals surface area contributed by atoms with Gasteiger partial charge in [-0.25, -0.2) is 0 Å². The molecule has 0 rings (SSSR count). The van der Waals surface area contributed by atoms with Crippen molar-refractivity contribution in [3.8, 4) is 0 Å². The minimum atomic E-state index is 0.116. The summed E-state index contributed by atoms with van der Waals surface area (Å²) in [7, 11) is 0. The van der Waals surface area contributed by atoms with Crippen molar-refractivity contribution in [2.75, 3.05) is 26.4 Å². The van der Waals surface area contributed by atoms with E-state index in [-0.39, 0.29) is 12.1 Å². The minimum absolute atomic E-state index is 0.116. The van der Waals surface area contributed by atoms with Crippen molar-refractivity contribution in [1.29, 1.82) is 0 Å². The SMILES string of the molecule is CC(C)(C)CC(C)(C)[NH2+]CCOCCO. The lowest BCUT2D eigenvalue weighted by Gasteiger charge is -2.30. The summed E-state index contributed by atoms with van der Waals surface area (Å²) >= 11 is 0. The highest BCUT2D eigenvalue weighted by Gasteiger charge is 2.27. The summed E-state index contributed by atoms with van der Waals surface area (Å²) in [5.41, 5.74) is 0.632. The van der Waals surface area contributed by atoms with Crippen LogP contribution in [0.5, 0.6) is 0 Å². The Labute approximate surface area is 94.2 Å². The summed E-state index contributed by atoms with van der Waals surface area (Å²) < 4.78 is 5.23. The van der Waals surface area contributed by atoms with Gasteiger partial charge in [-0.3, -0.25) is 0 Å². The first-order chi connectivity index (χ1) is 6.77. The first-order valence-corrected chi connectivity index (χ1v) is 5.80. The Morgan fingerprint density at radius 3 is 2.13 bits per heavy atom. The Balaban J connectivity index is 3.65. The molecule has 0 aliphatic heterocycles. The van der Waals surface area contributed by atoms with E-state index in [1.807, 2.05) is 0 Å². The van der Waals surface area contributed by atoms with Crippen molar-refractivity contribution in [2.45, 2.75) is 46.6 Å². The molecule has 0 aromatic carbocycles. The quantitative estimate of drug-likeness (QED) is 0.620. The predicted molar refractivity (Wildman–Crippen MR) is 62.8 cm³/mol. The normalized spacial score (nSPS) is 13.2. The Morgan fingerprint density at radius 1 is 1.07 bits per heavy atom. The smallest absolute Gasteiger partial charge is 0.0997 e. The monoisotopic (exact) mass is 218 g/mol. The van der Waals surface area contributed by atoms with Crippen LogP contribution in [0.25, 0.3) is 0 Å². The lowest BCUT2D eigenvalue weighted by atomic mass is 9.82. The van der Waals surface area contributed by atoms with E-state index in [1.54, 1.807) is 0 Å². The molecule has 0 spiro atoms. The molecule has 0 atom stereocenters. The molecular weight excluding hydrogens is 190 g/mol. The Hall–Kier alpha value is -0.120. The molecule has 0 aliphatic carbocycles. The van der Waals surface area contributed by atoms with Crippen LogP contribution in [0.1, 0.15) is 41.0 Å². The van der Waals surface area contributed by atoms with Crippen LogP contribution in [0.15, 0.2) is 0 Å². The molecule has 0 fully saturated rings. The number of hydrogen-bond acceptors (Lipinski definition) is 2. The number of rotatable bonds is 7. The molecule has 0 heterocycles. The van der Waals surface area contributed by atoms with E-state index in [1.165, 1.54) is 6.42 Å². The third kappa shape index (κ3) is 10.2. The van der Waals surface area contributed by atoms with Gasteiger partial charge in [-0.15, -0.1) is 0 Å². The van der Waals surface area contributed by atoms with Crippen LogP contribution in [0.4, 0.5) is 0 Å². The van der Waals surface area contributed by atoms with Crippen molar-refractivity contribution >= 4 is 0 Å². The summed E-state index contributed by atoms with van der Waals surface area (Å²) in [6.45, 7) is 13.6. The molecule has 0 unspecified atom stereocenters. The van der Waals surface area contributed by atoms with Crippen LogP contribution in [0.2, 0.25) is 0 Å². The van der Waals surface area contributed by atoms with Crippen LogP contribution in [0, 0.1) is 5.41 Å². The first-order valence-electron chi connectivity index (χ1n) is 5.80. The lowest BCUT2D eigenvalue weighted by molar-refractivity contribution is -0.724. The van der Waals surface area contributed by atoms with Gasteiger partial charge in [-0.1, -0.05) is 20.8 Å². The van der Waals surface area contributed by atoms with Crippen molar-refractivity contribution in [1.82, 2.24) is 0 Å². The molecule has 3 heteroatoms. The summed E-state index contributed by atoms with van der Waals surface area (Å²) in [4.78, 5) is 0. The number of quaternary nitrogens is 1. The van der Waals surface area contributed by atoms with Gasteiger partial charge >= 0.3 is 0 Å². The number of hydrogen-bond donors (Lipinski definition) is 2. The van der Waals surface area contributed by atoms with Crippen LogP contribution < -0.4 is 5.32 Å². The van der Waals surface area contributed by atoms with Crippen molar-refractivity contribution in [3.63, 3.8) is 0 Å². The maximum atomic E-state index is 8.54. The molecule has 0 radical (unpaired) electrons. The Bertz CT molecular complexity index is 161. The van der Waals surface area contributed by atoms with Gasteiger partial charge in [0.25, 0.3) is 0 Å². The maximum absolute atomic E-state index is 8.54. The average molecular weight is 218 g/mol. The van der Waals surface area contributed by atoms with Crippen molar-refractivity contribution < 1.29 is 15.2 Å². The van der Waals surface area contributed by atoms with E-state index in [4.69, 9.17) is 9.84 Å². The fourth-order valence-electron chi connectivity index (χ4n) is 2.14. The van der Waals surface area contributed by atoms with E-state index in [2.05, 4.69) is 39.9 Å². The zero-order chi connectivity index (χ0) is 11.9. The molecule has 92 valence electrons. The van der Waals surface area contributed by atoms with E-state index in [0.29, 0.717) is 18.6 Å². The van der Waals surface area contributed by atoms with E-state index >= 15 is 0 Å². The summed E-state index contributed by atoms with van der Waals surface area (Å²) in [6.07, 6.45) is 1.18. The number of ether oxygens (including phenoxy) is 1. The highest BCUT2D eigenvalue weighted by molar-refractivity contribution is 4.74. The second-order valence-corrected chi connectivity index (χ2v) is 6.05. The number of aliphatic hydroxyl groups is 1. The minimum Gasteiger partial charge on any atom is -0.394 e. The standard InChI is InChI=1S/C12H27NO2/c1-11(2,3)10-12(4,5)13-6-8-15-9-7-14/h13-14H,6-10H2,1-5H3/p+1. The molecule has 0 saturated heterocycles. The lowest BCUT2D eigenvalue weighted by Crippen LogP contribution is -2.96. The zero-order valence-electron chi connectivity index (χ0n) is 11.0. The van der Waals surface area contributed by atoms with Gasteiger partial charge in [0.05, 0.1) is 31.9 Å².